The monoisotopic (exact) mass is 245 g/mol. The molecule has 5 heteroatoms. The first-order valence-corrected chi connectivity index (χ1v) is 5.31. The Bertz CT molecular complexity index is 384. The van der Waals surface area contributed by atoms with Gasteiger partial charge in [-0.2, -0.15) is 13.2 Å². The van der Waals surface area contributed by atoms with Crippen LogP contribution in [0, 0.1) is 0 Å². The van der Waals surface area contributed by atoms with Gasteiger partial charge in [0.2, 0.25) is 5.91 Å². The Hall–Kier alpha value is -1.52. The lowest BCUT2D eigenvalue weighted by atomic mass is 10.1. The third-order valence-corrected chi connectivity index (χ3v) is 2.44. The van der Waals surface area contributed by atoms with Gasteiger partial charge in [-0.1, -0.05) is 19.1 Å². The van der Waals surface area contributed by atoms with Crippen LogP contribution in [0.2, 0.25) is 0 Å². The molecule has 0 aromatic heterocycles. The van der Waals surface area contributed by atoms with Crippen LogP contribution in [-0.4, -0.2) is 5.91 Å². The number of halogens is 3. The molecular formula is C12H14F3NO. The van der Waals surface area contributed by atoms with E-state index in [1.165, 1.54) is 12.1 Å². The maximum absolute atomic E-state index is 12.3. The summed E-state index contributed by atoms with van der Waals surface area (Å²) in [6.45, 7) is 3.45. The molecule has 1 N–H and O–H groups in total. The lowest BCUT2D eigenvalue weighted by Crippen LogP contribution is -2.25. The van der Waals surface area contributed by atoms with E-state index in [2.05, 4.69) is 5.32 Å². The zero-order chi connectivity index (χ0) is 13.1. The quantitative estimate of drug-likeness (QED) is 0.869. The number of carbonyl (C=O) groups is 1. The zero-order valence-corrected chi connectivity index (χ0v) is 9.64. The van der Waals surface area contributed by atoms with Gasteiger partial charge in [0.15, 0.2) is 0 Å². The molecule has 1 aromatic carbocycles. The predicted octanol–water partition coefficient (Wildman–Crippen LogP) is 3.29. The van der Waals surface area contributed by atoms with Crippen molar-refractivity contribution in [2.45, 2.75) is 32.5 Å². The SMILES string of the molecule is CCC(=O)NC(C)c1ccc(C(F)(F)F)cc1. The highest BCUT2D eigenvalue weighted by molar-refractivity contribution is 5.75. The summed E-state index contributed by atoms with van der Waals surface area (Å²) in [7, 11) is 0. The van der Waals surface area contributed by atoms with Crippen LogP contribution in [-0.2, 0) is 11.0 Å². The molecule has 1 amide bonds. The lowest BCUT2D eigenvalue weighted by Gasteiger charge is -2.14. The molecule has 94 valence electrons. The fraction of sp³-hybridized carbons (Fsp3) is 0.417. The molecule has 0 spiro atoms. The van der Waals surface area contributed by atoms with E-state index in [0.29, 0.717) is 12.0 Å². The Balaban J connectivity index is 2.77. The molecule has 0 aliphatic heterocycles. The molecule has 0 aliphatic rings. The first-order chi connectivity index (χ1) is 7.84. The van der Waals surface area contributed by atoms with Crippen molar-refractivity contribution >= 4 is 5.91 Å². The van der Waals surface area contributed by atoms with Gasteiger partial charge in [0.1, 0.15) is 0 Å². The van der Waals surface area contributed by atoms with Gasteiger partial charge in [-0.05, 0) is 24.6 Å². The van der Waals surface area contributed by atoms with Crippen LogP contribution in [0.1, 0.15) is 37.4 Å². The highest BCUT2D eigenvalue weighted by Crippen LogP contribution is 2.29. The Morgan fingerprint density at radius 3 is 2.24 bits per heavy atom. The molecule has 1 rings (SSSR count). The van der Waals surface area contributed by atoms with E-state index in [1.807, 2.05) is 0 Å². The molecule has 1 unspecified atom stereocenters. The van der Waals surface area contributed by atoms with Crippen molar-refractivity contribution in [3.63, 3.8) is 0 Å². The van der Waals surface area contributed by atoms with E-state index >= 15 is 0 Å². The van der Waals surface area contributed by atoms with Crippen molar-refractivity contribution in [2.75, 3.05) is 0 Å². The summed E-state index contributed by atoms with van der Waals surface area (Å²) in [5.74, 6) is -0.127. The molecule has 0 bridgehead atoms. The van der Waals surface area contributed by atoms with Crippen molar-refractivity contribution in [3.8, 4) is 0 Å². The number of benzene rings is 1. The molecular weight excluding hydrogens is 231 g/mol. The number of alkyl halides is 3. The van der Waals surface area contributed by atoms with Crippen LogP contribution in [0.3, 0.4) is 0 Å². The van der Waals surface area contributed by atoms with Crippen molar-refractivity contribution in [3.05, 3.63) is 35.4 Å². The number of hydrogen-bond acceptors (Lipinski definition) is 1. The maximum Gasteiger partial charge on any atom is 0.416 e. The van der Waals surface area contributed by atoms with Crippen LogP contribution in [0.15, 0.2) is 24.3 Å². The summed E-state index contributed by atoms with van der Waals surface area (Å²) in [6, 6.07) is 4.51. The van der Waals surface area contributed by atoms with Crippen molar-refractivity contribution in [1.29, 1.82) is 0 Å². The van der Waals surface area contributed by atoms with Crippen molar-refractivity contribution in [1.82, 2.24) is 5.32 Å². The number of carbonyl (C=O) groups excluding carboxylic acids is 1. The Morgan fingerprint density at radius 1 is 1.29 bits per heavy atom. The normalized spacial score (nSPS) is 13.2. The van der Waals surface area contributed by atoms with Crippen LogP contribution in [0.4, 0.5) is 13.2 Å². The highest BCUT2D eigenvalue weighted by Gasteiger charge is 2.30. The molecule has 1 atom stereocenters. The van der Waals surface area contributed by atoms with E-state index < -0.39 is 11.7 Å². The molecule has 0 saturated carbocycles. The number of rotatable bonds is 3. The van der Waals surface area contributed by atoms with Crippen LogP contribution >= 0.6 is 0 Å². The molecule has 1 aromatic rings. The van der Waals surface area contributed by atoms with Crippen LogP contribution in [0.5, 0.6) is 0 Å². The molecule has 0 radical (unpaired) electrons. The average molecular weight is 245 g/mol. The van der Waals surface area contributed by atoms with E-state index in [0.717, 1.165) is 12.1 Å². The average Bonchev–Trinajstić information content (AvgIpc) is 2.27. The summed E-state index contributed by atoms with van der Waals surface area (Å²) in [5.41, 5.74) is -0.0323. The molecule has 17 heavy (non-hydrogen) atoms. The summed E-state index contributed by atoms with van der Waals surface area (Å²) >= 11 is 0. The number of nitrogens with one attached hydrogen (secondary N) is 1. The van der Waals surface area contributed by atoms with Gasteiger partial charge in [0.25, 0.3) is 0 Å². The second-order valence-corrected chi connectivity index (χ2v) is 3.76. The Labute approximate surface area is 97.8 Å². The lowest BCUT2D eigenvalue weighted by molar-refractivity contribution is -0.137. The van der Waals surface area contributed by atoms with Gasteiger partial charge in [-0.25, -0.2) is 0 Å². The van der Waals surface area contributed by atoms with Gasteiger partial charge in [0, 0.05) is 6.42 Å². The summed E-state index contributed by atoms with van der Waals surface area (Å²) in [6.07, 6.45) is -3.97. The molecule has 0 fully saturated rings. The van der Waals surface area contributed by atoms with E-state index in [-0.39, 0.29) is 11.9 Å². The predicted molar refractivity (Wildman–Crippen MR) is 58.3 cm³/mol. The Morgan fingerprint density at radius 2 is 1.82 bits per heavy atom. The van der Waals surface area contributed by atoms with Gasteiger partial charge >= 0.3 is 6.18 Å². The minimum absolute atomic E-state index is 0.127. The van der Waals surface area contributed by atoms with Crippen molar-refractivity contribution < 1.29 is 18.0 Å². The molecule has 0 aliphatic carbocycles. The minimum Gasteiger partial charge on any atom is -0.350 e. The van der Waals surface area contributed by atoms with Crippen LogP contribution in [0.25, 0.3) is 0 Å². The summed E-state index contributed by atoms with van der Waals surface area (Å²) in [5, 5.41) is 2.68. The third kappa shape index (κ3) is 3.76. The standard InChI is InChI=1S/C12H14F3NO/c1-3-11(17)16-8(2)9-4-6-10(7-5-9)12(13,14)15/h4-8H,3H2,1-2H3,(H,16,17). The minimum atomic E-state index is -4.32. The van der Waals surface area contributed by atoms with Crippen molar-refractivity contribution in [2.24, 2.45) is 0 Å². The highest BCUT2D eigenvalue weighted by atomic mass is 19.4. The van der Waals surface area contributed by atoms with E-state index in [1.54, 1.807) is 13.8 Å². The maximum atomic E-state index is 12.3. The fourth-order valence-corrected chi connectivity index (χ4v) is 1.39. The van der Waals surface area contributed by atoms with Gasteiger partial charge in [-0.3, -0.25) is 4.79 Å². The molecule has 0 heterocycles. The second-order valence-electron chi connectivity index (χ2n) is 3.76. The summed E-state index contributed by atoms with van der Waals surface area (Å²) in [4.78, 5) is 11.1. The largest absolute Gasteiger partial charge is 0.416 e. The smallest absolute Gasteiger partial charge is 0.350 e. The molecule has 0 saturated heterocycles. The van der Waals surface area contributed by atoms with Gasteiger partial charge < -0.3 is 5.32 Å². The first-order valence-electron chi connectivity index (χ1n) is 5.31. The summed E-state index contributed by atoms with van der Waals surface area (Å²) < 4.78 is 36.9. The number of hydrogen-bond donors (Lipinski definition) is 1. The van der Waals surface area contributed by atoms with Gasteiger partial charge in [-0.15, -0.1) is 0 Å². The fourth-order valence-electron chi connectivity index (χ4n) is 1.39. The first kappa shape index (κ1) is 13.5. The van der Waals surface area contributed by atoms with E-state index in [9.17, 15) is 18.0 Å². The van der Waals surface area contributed by atoms with E-state index in [4.69, 9.17) is 0 Å². The Kier molecular flexibility index (Phi) is 4.15. The van der Waals surface area contributed by atoms with Crippen LogP contribution < -0.4 is 5.32 Å². The van der Waals surface area contributed by atoms with Gasteiger partial charge in [0.05, 0.1) is 11.6 Å². The zero-order valence-electron chi connectivity index (χ0n) is 9.64. The number of amides is 1. The molecule has 2 nitrogen and oxygen atoms in total. The second kappa shape index (κ2) is 5.21. The third-order valence-electron chi connectivity index (χ3n) is 2.44. The topological polar surface area (TPSA) is 29.1 Å².